The number of hydrogen-bond donors (Lipinski definition) is 3. The lowest BCUT2D eigenvalue weighted by atomic mass is 9.88. The highest BCUT2D eigenvalue weighted by atomic mass is 32.1. The lowest BCUT2D eigenvalue weighted by Gasteiger charge is -2.27. The SMILES string of the molecule is Nc1sc2ccccc2c1CCC(O)(CCNC=O)CC(=O)OCc1ccccc1. The van der Waals surface area contributed by atoms with Gasteiger partial charge >= 0.3 is 5.97 Å². The van der Waals surface area contributed by atoms with Crippen LogP contribution in [-0.2, 0) is 27.4 Å². The second-order valence-electron chi connectivity index (χ2n) is 7.31. The minimum atomic E-state index is -1.31. The molecule has 0 aliphatic heterocycles. The van der Waals surface area contributed by atoms with Gasteiger partial charge in [0.1, 0.15) is 6.61 Å². The van der Waals surface area contributed by atoms with Crippen LogP contribution in [0.2, 0.25) is 0 Å². The first-order valence-electron chi connectivity index (χ1n) is 9.85. The van der Waals surface area contributed by atoms with Gasteiger partial charge in [0.15, 0.2) is 0 Å². The summed E-state index contributed by atoms with van der Waals surface area (Å²) < 4.78 is 6.45. The van der Waals surface area contributed by atoms with Crippen molar-refractivity contribution in [2.75, 3.05) is 12.3 Å². The molecule has 0 aliphatic rings. The first-order chi connectivity index (χ1) is 14.5. The van der Waals surface area contributed by atoms with Gasteiger partial charge in [-0.05, 0) is 41.8 Å². The van der Waals surface area contributed by atoms with Crippen molar-refractivity contribution in [3.05, 3.63) is 65.7 Å². The number of benzene rings is 2. The van der Waals surface area contributed by atoms with Crippen LogP contribution in [0.25, 0.3) is 10.1 Å². The van der Waals surface area contributed by atoms with Crippen LogP contribution in [-0.4, -0.2) is 29.6 Å². The van der Waals surface area contributed by atoms with Crippen LogP contribution in [0, 0.1) is 0 Å². The van der Waals surface area contributed by atoms with Crippen LogP contribution in [0.3, 0.4) is 0 Å². The molecule has 1 aromatic heterocycles. The van der Waals surface area contributed by atoms with Gasteiger partial charge in [0, 0.05) is 11.2 Å². The number of nitrogen functional groups attached to an aromatic ring is 1. The predicted octanol–water partition coefficient (Wildman–Crippen LogP) is 3.42. The van der Waals surface area contributed by atoms with E-state index in [1.807, 2.05) is 54.6 Å². The van der Waals surface area contributed by atoms with Gasteiger partial charge in [0.2, 0.25) is 6.41 Å². The quantitative estimate of drug-likeness (QED) is 0.248. The molecule has 30 heavy (non-hydrogen) atoms. The average molecular weight is 427 g/mol. The lowest BCUT2D eigenvalue weighted by molar-refractivity contribution is -0.151. The van der Waals surface area contributed by atoms with Gasteiger partial charge in [-0.1, -0.05) is 48.5 Å². The zero-order valence-electron chi connectivity index (χ0n) is 16.7. The molecule has 0 saturated carbocycles. The third-order valence-electron chi connectivity index (χ3n) is 5.10. The number of carbonyl (C=O) groups is 2. The Bertz CT molecular complexity index is 989. The van der Waals surface area contributed by atoms with Crippen molar-refractivity contribution in [3.63, 3.8) is 0 Å². The Morgan fingerprint density at radius 2 is 1.87 bits per heavy atom. The van der Waals surface area contributed by atoms with Crippen LogP contribution in [0.1, 0.15) is 30.4 Å². The number of amides is 1. The van der Waals surface area contributed by atoms with Crippen molar-refractivity contribution in [2.45, 2.75) is 37.9 Å². The van der Waals surface area contributed by atoms with Gasteiger partial charge in [0.25, 0.3) is 0 Å². The summed E-state index contributed by atoms with van der Waals surface area (Å²) in [5.41, 5.74) is 6.76. The van der Waals surface area contributed by atoms with Gasteiger partial charge in [-0.3, -0.25) is 9.59 Å². The molecule has 0 aliphatic carbocycles. The summed E-state index contributed by atoms with van der Waals surface area (Å²) in [5, 5.41) is 15.5. The normalized spacial score (nSPS) is 13.0. The number of fused-ring (bicyclic) bond motifs is 1. The van der Waals surface area contributed by atoms with E-state index >= 15 is 0 Å². The van der Waals surface area contributed by atoms with Crippen LogP contribution in [0.4, 0.5) is 5.00 Å². The highest BCUT2D eigenvalue weighted by Gasteiger charge is 2.31. The molecule has 1 unspecified atom stereocenters. The zero-order chi connectivity index (χ0) is 21.4. The van der Waals surface area contributed by atoms with Gasteiger partial charge < -0.3 is 20.9 Å². The number of thiophene rings is 1. The molecule has 0 radical (unpaired) electrons. The molecule has 1 heterocycles. The molecule has 3 rings (SSSR count). The number of aryl methyl sites for hydroxylation is 1. The number of esters is 1. The fourth-order valence-corrected chi connectivity index (χ4v) is 4.48. The summed E-state index contributed by atoms with van der Waals surface area (Å²) >= 11 is 1.52. The van der Waals surface area contributed by atoms with Crippen molar-refractivity contribution in [3.8, 4) is 0 Å². The number of carbonyl (C=O) groups excluding carboxylic acids is 2. The number of rotatable bonds is 11. The zero-order valence-corrected chi connectivity index (χ0v) is 17.5. The summed E-state index contributed by atoms with van der Waals surface area (Å²) in [6.07, 6.45) is 1.54. The minimum Gasteiger partial charge on any atom is -0.461 e. The Morgan fingerprint density at radius 1 is 1.13 bits per heavy atom. The molecular formula is C23H26N2O4S. The Hall–Kier alpha value is -2.90. The maximum Gasteiger partial charge on any atom is 0.309 e. The first-order valence-corrected chi connectivity index (χ1v) is 10.7. The molecule has 1 amide bonds. The summed E-state index contributed by atoms with van der Waals surface area (Å²) in [5.74, 6) is -0.476. The topological polar surface area (TPSA) is 102 Å². The van der Waals surface area contributed by atoms with Crippen LogP contribution >= 0.6 is 11.3 Å². The third kappa shape index (κ3) is 5.81. The minimum absolute atomic E-state index is 0.150. The standard InChI is InChI=1S/C23H26N2O4S/c24-22-19(18-8-4-5-9-20(18)30-22)10-11-23(28,12-13-25-16-26)14-21(27)29-15-17-6-2-1-3-7-17/h1-9,16,28H,10-15,24H2,(H,25,26). The number of ether oxygens (including phenoxy) is 1. The Labute approximate surface area is 179 Å². The van der Waals surface area contributed by atoms with E-state index in [4.69, 9.17) is 10.5 Å². The van der Waals surface area contributed by atoms with E-state index in [9.17, 15) is 14.7 Å². The molecule has 0 fully saturated rings. The van der Waals surface area contributed by atoms with E-state index < -0.39 is 11.6 Å². The maximum atomic E-state index is 12.4. The fraction of sp³-hybridized carbons (Fsp3) is 0.304. The van der Waals surface area contributed by atoms with E-state index in [1.165, 1.54) is 11.3 Å². The van der Waals surface area contributed by atoms with Crippen LogP contribution in [0.5, 0.6) is 0 Å². The maximum absolute atomic E-state index is 12.4. The van der Waals surface area contributed by atoms with Crippen LogP contribution in [0.15, 0.2) is 54.6 Å². The van der Waals surface area contributed by atoms with E-state index in [0.717, 1.165) is 26.2 Å². The fourth-order valence-electron chi connectivity index (χ4n) is 3.46. The number of nitrogens with one attached hydrogen (secondary N) is 1. The highest BCUT2D eigenvalue weighted by molar-refractivity contribution is 7.22. The molecule has 6 nitrogen and oxygen atoms in total. The lowest BCUT2D eigenvalue weighted by Crippen LogP contribution is -2.36. The predicted molar refractivity (Wildman–Crippen MR) is 119 cm³/mol. The summed E-state index contributed by atoms with van der Waals surface area (Å²) in [4.78, 5) is 23.0. The molecular weight excluding hydrogens is 400 g/mol. The summed E-state index contributed by atoms with van der Waals surface area (Å²) in [6, 6.07) is 17.3. The number of nitrogens with two attached hydrogens (primary N) is 1. The molecule has 158 valence electrons. The Balaban J connectivity index is 1.66. The van der Waals surface area contributed by atoms with Gasteiger partial charge in [0.05, 0.1) is 17.0 Å². The molecule has 7 heteroatoms. The van der Waals surface area contributed by atoms with Gasteiger partial charge in [-0.15, -0.1) is 11.3 Å². The van der Waals surface area contributed by atoms with E-state index in [1.54, 1.807) is 0 Å². The van der Waals surface area contributed by atoms with Crippen molar-refractivity contribution in [1.82, 2.24) is 5.32 Å². The number of aliphatic hydroxyl groups is 1. The van der Waals surface area contributed by atoms with Gasteiger partial charge in [-0.25, -0.2) is 0 Å². The number of hydrogen-bond acceptors (Lipinski definition) is 6. The largest absolute Gasteiger partial charge is 0.461 e. The molecule has 3 aromatic rings. The summed E-state index contributed by atoms with van der Waals surface area (Å²) in [6.45, 7) is 0.427. The van der Waals surface area contributed by atoms with E-state index in [0.29, 0.717) is 19.3 Å². The second-order valence-corrected chi connectivity index (χ2v) is 8.39. The summed E-state index contributed by atoms with van der Waals surface area (Å²) in [7, 11) is 0. The Kier molecular flexibility index (Phi) is 7.43. The molecule has 2 aromatic carbocycles. The van der Waals surface area contributed by atoms with Crippen molar-refractivity contribution < 1.29 is 19.4 Å². The highest BCUT2D eigenvalue weighted by Crippen LogP contribution is 2.35. The molecule has 0 bridgehead atoms. The number of anilines is 1. The second kappa shape index (κ2) is 10.2. The third-order valence-corrected chi connectivity index (χ3v) is 6.15. The van der Waals surface area contributed by atoms with Crippen molar-refractivity contribution in [2.24, 2.45) is 0 Å². The van der Waals surface area contributed by atoms with E-state index in [2.05, 4.69) is 5.32 Å². The van der Waals surface area contributed by atoms with Crippen LogP contribution < -0.4 is 11.1 Å². The average Bonchev–Trinajstić information content (AvgIpc) is 3.07. The first kappa shape index (κ1) is 21.8. The monoisotopic (exact) mass is 426 g/mol. The van der Waals surface area contributed by atoms with Crippen molar-refractivity contribution in [1.29, 1.82) is 0 Å². The smallest absolute Gasteiger partial charge is 0.309 e. The Morgan fingerprint density at radius 3 is 2.63 bits per heavy atom. The molecule has 1 atom stereocenters. The van der Waals surface area contributed by atoms with Crippen molar-refractivity contribution >= 4 is 38.8 Å². The van der Waals surface area contributed by atoms with Gasteiger partial charge in [-0.2, -0.15) is 0 Å². The van der Waals surface area contributed by atoms with E-state index in [-0.39, 0.29) is 26.0 Å². The molecule has 0 spiro atoms. The molecule has 0 saturated heterocycles. The molecule has 4 N–H and O–H groups in total.